The summed E-state index contributed by atoms with van der Waals surface area (Å²) in [6, 6.07) is 5.59. The van der Waals surface area contributed by atoms with Crippen LogP contribution in [0.5, 0.6) is 5.75 Å². The molecular weight excluding hydrogens is 270 g/mol. The van der Waals surface area contributed by atoms with Crippen LogP contribution in [-0.4, -0.2) is 27.5 Å². The first kappa shape index (κ1) is 15.8. The summed E-state index contributed by atoms with van der Waals surface area (Å²) < 4.78 is 51.5. The van der Waals surface area contributed by atoms with E-state index in [1.54, 1.807) is 6.92 Å². The zero-order valence-electron chi connectivity index (χ0n) is 8.90. The molecule has 1 atom stereocenters. The smallest absolute Gasteiger partial charge is 0.446 e. The molecule has 3 N–H and O–H groups in total. The van der Waals surface area contributed by atoms with E-state index in [2.05, 4.69) is 4.18 Å². The lowest BCUT2D eigenvalue weighted by Gasteiger charge is -2.00. The average molecular weight is 282 g/mol. The molecular formula is C8H12NO6S2-. The largest absolute Gasteiger partial charge is 0.772 e. The van der Waals surface area contributed by atoms with E-state index >= 15 is 0 Å². The number of nitrogens with two attached hydrogens (primary N) is 1. The third kappa shape index (κ3) is 9.75. The predicted octanol–water partition coefficient (Wildman–Crippen LogP) is 0.336. The molecule has 0 heterocycles. The second kappa shape index (κ2) is 7.22. The fourth-order valence-corrected chi connectivity index (χ4v) is 0.999. The molecule has 1 unspecified atom stereocenters. The zero-order valence-corrected chi connectivity index (χ0v) is 10.5. The minimum absolute atomic E-state index is 0.0201. The van der Waals surface area contributed by atoms with Crippen LogP contribution in [0.4, 0.5) is 5.69 Å². The molecule has 0 radical (unpaired) electrons. The van der Waals surface area contributed by atoms with E-state index in [9.17, 15) is 17.2 Å². The Labute approximate surface area is 102 Å². The molecule has 0 fully saturated rings. The number of rotatable bonds is 3. The lowest BCUT2D eigenvalue weighted by atomic mass is 10.3. The summed E-state index contributed by atoms with van der Waals surface area (Å²) in [5, 5.41) is 0. The Hall–Kier alpha value is -1.16. The monoisotopic (exact) mass is 282 g/mol. The molecule has 9 heteroatoms. The predicted molar refractivity (Wildman–Crippen MR) is 62.5 cm³/mol. The van der Waals surface area contributed by atoms with Crippen molar-refractivity contribution in [2.24, 2.45) is 0 Å². The van der Waals surface area contributed by atoms with Crippen LogP contribution in [0.25, 0.3) is 0 Å². The van der Waals surface area contributed by atoms with Crippen molar-refractivity contribution >= 4 is 27.2 Å². The van der Waals surface area contributed by atoms with Crippen LogP contribution in [0.2, 0.25) is 0 Å². The van der Waals surface area contributed by atoms with Gasteiger partial charge >= 0.3 is 10.4 Å². The number of hydrogen-bond acceptors (Lipinski definition) is 6. The maximum absolute atomic E-state index is 10.2. The van der Waals surface area contributed by atoms with Crippen molar-refractivity contribution in [1.82, 2.24) is 0 Å². The maximum Gasteiger partial charge on any atom is 0.446 e. The topological polar surface area (TPSA) is 130 Å². The summed E-state index contributed by atoms with van der Waals surface area (Å²) in [6.07, 6.45) is 0. The molecule has 0 aliphatic carbocycles. The highest BCUT2D eigenvalue weighted by molar-refractivity contribution is 7.81. The van der Waals surface area contributed by atoms with E-state index in [1.165, 1.54) is 24.3 Å². The van der Waals surface area contributed by atoms with Gasteiger partial charge in [0.25, 0.3) is 0 Å². The van der Waals surface area contributed by atoms with Gasteiger partial charge in [-0.25, -0.2) is 0 Å². The molecule has 1 rings (SSSR count). The van der Waals surface area contributed by atoms with Gasteiger partial charge in [0.1, 0.15) is 5.75 Å². The van der Waals surface area contributed by atoms with Crippen LogP contribution in [0.1, 0.15) is 6.92 Å². The van der Waals surface area contributed by atoms with Gasteiger partial charge in [-0.3, -0.25) is 8.76 Å². The summed E-state index contributed by atoms with van der Waals surface area (Å²) in [7, 11) is -4.43. The summed E-state index contributed by atoms with van der Waals surface area (Å²) in [4.78, 5) is 0. The molecule has 0 amide bonds. The summed E-state index contributed by atoms with van der Waals surface area (Å²) in [6.45, 7) is 1.59. The highest BCUT2D eigenvalue weighted by Crippen LogP contribution is 2.14. The van der Waals surface area contributed by atoms with Gasteiger partial charge in [0.15, 0.2) is 0 Å². The van der Waals surface area contributed by atoms with Gasteiger partial charge in [-0.2, -0.15) is 8.42 Å². The van der Waals surface area contributed by atoms with Crippen molar-refractivity contribution in [2.75, 3.05) is 11.5 Å². The van der Waals surface area contributed by atoms with Crippen molar-refractivity contribution in [2.45, 2.75) is 6.92 Å². The molecule has 98 valence electrons. The van der Waals surface area contributed by atoms with Crippen molar-refractivity contribution in [1.29, 1.82) is 0 Å². The summed E-state index contributed by atoms with van der Waals surface area (Å²) >= 11 is -1.82. The van der Waals surface area contributed by atoms with Crippen LogP contribution in [0.15, 0.2) is 24.3 Å². The van der Waals surface area contributed by atoms with E-state index in [0.29, 0.717) is 5.69 Å². The van der Waals surface area contributed by atoms with E-state index in [0.717, 1.165) is 0 Å². The fraction of sp³-hybridized carbons (Fsp3) is 0.250. The fourth-order valence-electron chi connectivity index (χ4n) is 0.645. The average Bonchev–Trinajstić information content (AvgIpc) is 2.20. The second-order valence-corrected chi connectivity index (χ2v) is 4.88. The Morgan fingerprint density at radius 3 is 2.12 bits per heavy atom. The maximum atomic E-state index is 10.2. The van der Waals surface area contributed by atoms with Crippen molar-refractivity contribution < 1.29 is 25.9 Å². The minimum Gasteiger partial charge on any atom is -0.772 e. The summed E-state index contributed by atoms with van der Waals surface area (Å²) in [5.74, 6) is 0.242. The Morgan fingerprint density at radius 1 is 1.41 bits per heavy atom. The van der Waals surface area contributed by atoms with Crippen LogP contribution in [0.3, 0.4) is 0 Å². The van der Waals surface area contributed by atoms with Crippen molar-refractivity contribution in [3.05, 3.63) is 24.3 Å². The van der Waals surface area contributed by atoms with Crippen LogP contribution in [-0.2, 0) is 21.5 Å². The molecule has 17 heavy (non-hydrogen) atoms. The van der Waals surface area contributed by atoms with E-state index in [-0.39, 0.29) is 11.5 Å². The lowest BCUT2D eigenvalue weighted by molar-refractivity contribution is 0.387. The Balaban J connectivity index is 0.000000437. The van der Waals surface area contributed by atoms with Gasteiger partial charge in [-0.15, -0.1) is 0 Å². The molecule has 0 aliphatic rings. The number of benzene rings is 1. The number of anilines is 1. The number of nitrogen functional groups attached to an aromatic ring is 1. The molecule has 1 aromatic rings. The van der Waals surface area contributed by atoms with E-state index in [1.807, 2.05) is 0 Å². The van der Waals surface area contributed by atoms with Crippen molar-refractivity contribution in [3.63, 3.8) is 0 Å². The molecule has 0 saturated heterocycles. The van der Waals surface area contributed by atoms with E-state index < -0.39 is 21.5 Å². The highest BCUT2D eigenvalue weighted by atomic mass is 32.3. The third-order valence-corrected chi connectivity index (χ3v) is 2.19. The molecule has 0 aliphatic heterocycles. The first-order chi connectivity index (χ1) is 7.74. The molecule has 7 nitrogen and oxygen atoms in total. The third-order valence-electron chi connectivity index (χ3n) is 1.32. The Morgan fingerprint density at radius 2 is 1.82 bits per heavy atom. The number of hydrogen-bond donors (Lipinski definition) is 2. The van der Waals surface area contributed by atoms with Crippen LogP contribution >= 0.6 is 0 Å². The Kier molecular flexibility index (Phi) is 6.73. The quantitative estimate of drug-likeness (QED) is 0.464. The zero-order chi connectivity index (χ0) is 13.5. The van der Waals surface area contributed by atoms with Gasteiger partial charge in [0, 0.05) is 11.4 Å². The van der Waals surface area contributed by atoms with Gasteiger partial charge in [0.05, 0.1) is 0 Å². The first-order valence-electron chi connectivity index (χ1n) is 4.33. The van der Waals surface area contributed by atoms with Gasteiger partial charge < -0.3 is 14.5 Å². The van der Waals surface area contributed by atoms with Crippen LogP contribution < -0.4 is 9.92 Å². The second-order valence-electron chi connectivity index (χ2n) is 2.67. The molecule has 0 saturated carbocycles. The highest BCUT2D eigenvalue weighted by Gasteiger charge is 2.05. The van der Waals surface area contributed by atoms with Crippen LogP contribution in [0, 0.1) is 0 Å². The molecule has 1 aromatic carbocycles. The molecule has 0 spiro atoms. The van der Waals surface area contributed by atoms with Gasteiger partial charge in [0.2, 0.25) is 0 Å². The molecule has 0 aromatic heterocycles. The lowest BCUT2D eigenvalue weighted by Crippen LogP contribution is -2.06. The first-order valence-corrected chi connectivity index (χ1v) is 6.94. The van der Waals surface area contributed by atoms with Crippen molar-refractivity contribution in [3.8, 4) is 5.75 Å². The normalized spacial score (nSPS) is 12.2. The van der Waals surface area contributed by atoms with Gasteiger partial charge in [-0.1, -0.05) is 18.0 Å². The summed E-state index contributed by atoms with van der Waals surface area (Å²) in [5.41, 5.74) is 5.81. The molecule has 0 bridgehead atoms. The standard InChI is InChI=1S/C6H7NO4S.C2H6O2S/c7-5-1-3-6(4-2-5)11-12(8,9)10;1-2-5(3)4/h1-4H,7H2,(H,8,9,10);2H2,1H3,(H,3,4)/p-1. The SMILES string of the molecule is CCS(=O)[O-].Nc1ccc(OS(=O)(=O)O)cc1. The minimum atomic E-state index is -4.43. The van der Waals surface area contributed by atoms with Gasteiger partial charge in [-0.05, 0) is 24.3 Å². The Bertz CT molecular complexity index is 455. The van der Waals surface area contributed by atoms with E-state index in [4.69, 9.17) is 10.3 Å².